The molecule has 0 bridgehead atoms. The fourth-order valence-electron chi connectivity index (χ4n) is 2.07. The second kappa shape index (κ2) is 7.92. The van der Waals surface area contributed by atoms with Crippen LogP contribution in [0.1, 0.15) is 26.3 Å². The van der Waals surface area contributed by atoms with Gasteiger partial charge in [0.15, 0.2) is 0 Å². The number of sulfonamides is 1. The molecule has 0 spiro atoms. The van der Waals surface area contributed by atoms with Crippen LogP contribution < -0.4 is 4.72 Å². The first-order chi connectivity index (χ1) is 12.8. The summed E-state index contributed by atoms with van der Waals surface area (Å²) in [6, 6.07) is 3.17. The number of alkyl halides is 3. The molecule has 0 unspecified atom stereocenters. The van der Waals surface area contributed by atoms with Gasteiger partial charge in [0.05, 0.1) is 22.7 Å². The van der Waals surface area contributed by atoms with Gasteiger partial charge in [0.2, 0.25) is 10.0 Å². The minimum atomic E-state index is -4.54. The molecule has 28 heavy (non-hydrogen) atoms. The summed E-state index contributed by atoms with van der Waals surface area (Å²) in [6.07, 6.45) is -2.26. The molecule has 1 N–H and O–H groups in total. The fourth-order valence-corrected chi connectivity index (χ4v) is 3.07. The third-order valence-corrected chi connectivity index (χ3v) is 4.85. The molecule has 1 aliphatic rings. The van der Waals surface area contributed by atoms with Gasteiger partial charge < -0.3 is 4.74 Å². The van der Waals surface area contributed by atoms with Gasteiger partial charge in [0.1, 0.15) is 12.3 Å². The lowest BCUT2D eigenvalue weighted by molar-refractivity contribution is -0.137. The van der Waals surface area contributed by atoms with E-state index < -0.39 is 33.5 Å². The zero-order valence-corrected chi connectivity index (χ0v) is 16.3. The van der Waals surface area contributed by atoms with Gasteiger partial charge in [-0.1, -0.05) is 0 Å². The van der Waals surface area contributed by atoms with Crippen LogP contribution in [0.2, 0.25) is 0 Å². The summed E-state index contributed by atoms with van der Waals surface area (Å²) in [5.41, 5.74) is -1.24. The van der Waals surface area contributed by atoms with Crippen molar-refractivity contribution in [3.05, 3.63) is 42.1 Å². The summed E-state index contributed by atoms with van der Waals surface area (Å²) in [7, 11) is -4.01. The van der Waals surface area contributed by atoms with E-state index in [4.69, 9.17) is 4.74 Å². The normalized spacial score (nSPS) is 15.4. The maximum absolute atomic E-state index is 12.6. The van der Waals surface area contributed by atoms with Crippen molar-refractivity contribution in [3.8, 4) is 0 Å². The van der Waals surface area contributed by atoms with Crippen LogP contribution in [0, 0.1) is 0 Å². The minimum absolute atomic E-state index is 0.0389. The molecule has 0 fully saturated rings. The van der Waals surface area contributed by atoms with E-state index in [9.17, 15) is 26.4 Å². The number of hydrogen-bond acceptors (Lipinski definition) is 5. The molecule has 0 aromatic heterocycles. The summed E-state index contributed by atoms with van der Waals surface area (Å²) >= 11 is 0. The van der Waals surface area contributed by atoms with E-state index in [-0.39, 0.29) is 18.1 Å². The predicted octanol–water partition coefficient (Wildman–Crippen LogP) is 3.15. The third kappa shape index (κ3) is 6.06. The number of amides is 1. The van der Waals surface area contributed by atoms with Crippen LogP contribution in [0.4, 0.5) is 18.0 Å². The van der Waals surface area contributed by atoms with Crippen LogP contribution in [0.25, 0.3) is 0 Å². The Morgan fingerprint density at radius 3 is 2.29 bits per heavy atom. The van der Waals surface area contributed by atoms with Crippen molar-refractivity contribution >= 4 is 21.8 Å². The van der Waals surface area contributed by atoms with Crippen LogP contribution in [0.15, 0.2) is 46.4 Å². The van der Waals surface area contributed by atoms with E-state index in [1.165, 1.54) is 17.2 Å². The Kier molecular flexibility index (Phi) is 6.19. The van der Waals surface area contributed by atoms with Crippen molar-refractivity contribution < 1.29 is 31.1 Å². The smallest absolute Gasteiger partial charge is 0.416 e. The molecule has 1 aromatic rings. The van der Waals surface area contributed by atoms with E-state index in [2.05, 4.69) is 9.71 Å². The van der Waals surface area contributed by atoms with Gasteiger partial charge >= 0.3 is 12.3 Å². The van der Waals surface area contributed by atoms with Gasteiger partial charge in [-0.2, -0.15) is 13.2 Å². The molecule has 11 heteroatoms. The summed E-state index contributed by atoms with van der Waals surface area (Å²) in [5.74, 6) is 0. The summed E-state index contributed by atoms with van der Waals surface area (Å²) in [4.78, 5) is 16.9. The maximum Gasteiger partial charge on any atom is 0.416 e. The van der Waals surface area contributed by atoms with Crippen molar-refractivity contribution in [1.82, 2.24) is 9.62 Å². The quantitative estimate of drug-likeness (QED) is 0.812. The van der Waals surface area contributed by atoms with Gasteiger partial charge in [0, 0.05) is 6.20 Å². The van der Waals surface area contributed by atoms with Crippen LogP contribution in [-0.2, 0) is 20.9 Å². The molecule has 0 saturated heterocycles. The zero-order valence-electron chi connectivity index (χ0n) is 15.4. The number of hydrogen-bond donors (Lipinski definition) is 1. The molecule has 0 radical (unpaired) electrons. The molecular formula is C17H20F3N3O4S. The third-order valence-electron chi connectivity index (χ3n) is 3.44. The second-order valence-electron chi connectivity index (χ2n) is 6.90. The number of nitrogens with zero attached hydrogens (tertiary/aromatic N) is 2. The van der Waals surface area contributed by atoms with Crippen LogP contribution in [-0.4, -0.2) is 43.9 Å². The molecule has 1 aromatic carbocycles. The van der Waals surface area contributed by atoms with Crippen molar-refractivity contribution in [1.29, 1.82) is 0 Å². The van der Waals surface area contributed by atoms with E-state index >= 15 is 0 Å². The average Bonchev–Trinajstić information content (AvgIpc) is 2.58. The zero-order chi connectivity index (χ0) is 21.2. The van der Waals surface area contributed by atoms with Gasteiger partial charge in [-0.3, -0.25) is 9.89 Å². The Bertz CT molecular complexity index is 886. The van der Waals surface area contributed by atoms with E-state index in [1.807, 2.05) is 0 Å². The number of benzene rings is 1. The largest absolute Gasteiger partial charge is 0.443 e. The lowest BCUT2D eigenvalue weighted by Gasteiger charge is -2.25. The van der Waals surface area contributed by atoms with Crippen molar-refractivity contribution in [2.75, 3.05) is 13.2 Å². The fraction of sp³-hybridized carbons (Fsp3) is 0.412. The average molecular weight is 419 g/mol. The first kappa shape index (κ1) is 21.9. The van der Waals surface area contributed by atoms with E-state index in [0.29, 0.717) is 17.8 Å². The first-order valence-corrected chi connectivity index (χ1v) is 9.64. The highest BCUT2D eigenvalue weighted by Crippen LogP contribution is 2.29. The van der Waals surface area contributed by atoms with E-state index in [1.54, 1.807) is 20.8 Å². The molecule has 1 aliphatic heterocycles. The van der Waals surface area contributed by atoms with Gasteiger partial charge in [-0.25, -0.2) is 17.9 Å². The molecule has 1 amide bonds. The molecule has 0 aliphatic carbocycles. The van der Waals surface area contributed by atoms with Crippen LogP contribution in [0.5, 0.6) is 0 Å². The summed E-state index contributed by atoms with van der Waals surface area (Å²) in [6.45, 7) is 4.96. The molecule has 2 rings (SSSR count). The second-order valence-corrected chi connectivity index (χ2v) is 8.67. The van der Waals surface area contributed by atoms with Crippen molar-refractivity contribution in [2.24, 2.45) is 4.99 Å². The van der Waals surface area contributed by atoms with Crippen LogP contribution in [0.3, 0.4) is 0 Å². The molecular weight excluding hydrogens is 399 g/mol. The standard InChI is InChI=1S/C17H20F3N3O4S/c1-16(2,3)27-15(24)23-9-8-13(21-11-23)10-22-28(25,26)14-6-4-12(5-7-14)17(18,19)20/h4-9,22H,10-11H2,1-3H3. The Hall–Kier alpha value is -2.40. The van der Waals surface area contributed by atoms with Crippen LogP contribution >= 0.6 is 0 Å². The summed E-state index contributed by atoms with van der Waals surface area (Å²) < 4.78 is 69.6. The summed E-state index contributed by atoms with van der Waals surface area (Å²) in [5, 5.41) is 0. The highest BCUT2D eigenvalue weighted by molar-refractivity contribution is 7.89. The number of rotatable bonds is 4. The van der Waals surface area contributed by atoms with Gasteiger partial charge in [-0.05, 0) is 51.1 Å². The lowest BCUT2D eigenvalue weighted by Crippen LogP contribution is -2.36. The van der Waals surface area contributed by atoms with Crippen molar-refractivity contribution in [2.45, 2.75) is 37.4 Å². The number of ether oxygens (including phenoxy) is 1. The highest BCUT2D eigenvalue weighted by atomic mass is 32.2. The number of halogens is 3. The highest BCUT2D eigenvalue weighted by Gasteiger charge is 2.30. The first-order valence-electron chi connectivity index (χ1n) is 8.16. The van der Waals surface area contributed by atoms with Gasteiger partial charge in [0.25, 0.3) is 0 Å². The van der Waals surface area contributed by atoms with Crippen molar-refractivity contribution in [3.63, 3.8) is 0 Å². The number of carbonyl (C=O) groups is 1. The topological polar surface area (TPSA) is 88.1 Å². The molecule has 7 nitrogen and oxygen atoms in total. The minimum Gasteiger partial charge on any atom is -0.443 e. The van der Waals surface area contributed by atoms with Gasteiger partial charge in [-0.15, -0.1) is 0 Å². The number of aliphatic imine (C=N–C) groups is 1. The molecule has 154 valence electrons. The SMILES string of the molecule is CC(C)(C)OC(=O)N1C=CC(CNS(=O)(=O)c2ccc(C(F)(F)F)cc2)=NC1. The predicted molar refractivity (Wildman–Crippen MR) is 96.1 cm³/mol. The molecule has 0 atom stereocenters. The molecule has 1 heterocycles. The molecule has 0 saturated carbocycles. The Morgan fingerprint density at radius 1 is 1.21 bits per heavy atom. The van der Waals surface area contributed by atoms with E-state index in [0.717, 1.165) is 12.1 Å². The lowest BCUT2D eigenvalue weighted by atomic mass is 10.2. The number of carbonyl (C=O) groups excluding carboxylic acids is 1. The monoisotopic (exact) mass is 419 g/mol. The number of nitrogens with one attached hydrogen (secondary N) is 1. The Labute approximate surface area is 160 Å². The Balaban J connectivity index is 1.95. The Morgan fingerprint density at radius 2 is 1.82 bits per heavy atom. The maximum atomic E-state index is 12.6.